The highest BCUT2D eigenvalue weighted by Crippen LogP contribution is 2.37. The van der Waals surface area contributed by atoms with Crippen LogP contribution in [0.1, 0.15) is 15.9 Å². The van der Waals surface area contributed by atoms with Crippen molar-refractivity contribution in [1.82, 2.24) is 4.90 Å². The van der Waals surface area contributed by atoms with Crippen molar-refractivity contribution in [3.05, 3.63) is 58.1 Å². The average molecular weight is 461 g/mol. The Bertz CT molecular complexity index is 906. The number of rotatable bonds is 8. The Hall–Kier alpha value is -2.80. The van der Waals surface area contributed by atoms with E-state index in [1.54, 1.807) is 44.4 Å². The third-order valence-electron chi connectivity index (χ3n) is 4.19. The fourth-order valence-corrected chi connectivity index (χ4v) is 3.01. The van der Waals surface area contributed by atoms with E-state index in [2.05, 4.69) is 15.9 Å². The van der Waals surface area contributed by atoms with Gasteiger partial charge in [0.1, 0.15) is 0 Å². The summed E-state index contributed by atoms with van der Waals surface area (Å²) in [6, 6.07) is 11.0. The van der Waals surface area contributed by atoms with Gasteiger partial charge in [-0.2, -0.15) is 0 Å². The van der Waals surface area contributed by atoms with Gasteiger partial charge in [-0.1, -0.05) is 6.08 Å². The van der Waals surface area contributed by atoms with Crippen molar-refractivity contribution in [3.8, 4) is 11.5 Å². The molecule has 0 saturated carbocycles. The number of likely N-dealkylation sites (N-methyl/N-ethyl adjacent to an activating group) is 1. The first-order valence-corrected chi connectivity index (χ1v) is 9.72. The number of halogens is 1. The van der Waals surface area contributed by atoms with Gasteiger partial charge in [-0.05, 0) is 64.0 Å². The van der Waals surface area contributed by atoms with Crippen LogP contribution >= 0.6 is 15.9 Å². The first kappa shape index (κ1) is 22.5. The third-order valence-corrected chi connectivity index (χ3v) is 4.77. The van der Waals surface area contributed by atoms with E-state index in [0.717, 1.165) is 11.3 Å². The maximum absolute atomic E-state index is 12.4. The van der Waals surface area contributed by atoms with Gasteiger partial charge in [-0.25, -0.2) is 0 Å². The summed E-state index contributed by atoms with van der Waals surface area (Å²) in [5, 5.41) is 0. The molecule has 6 nitrogen and oxygen atoms in total. The lowest BCUT2D eigenvalue weighted by molar-refractivity contribution is -0.130. The van der Waals surface area contributed by atoms with E-state index in [4.69, 9.17) is 9.47 Å². The SMILES string of the molecule is COc1cc(/C=C/C(=O)c2ccc(N(C)C)cc2)cc(Br)c1OCC(=O)N(C)C. The lowest BCUT2D eigenvalue weighted by atomic mass is 10.1. The van der Waals surface area contributed by atoms with E-state index in [0.29, 0.717) is 21.5 Å². The summed E-state index contributed by atoms with van der Waals surface area (Å²) in [4.78, 5) is 27.6. The largest absolute Gasteiger partial charge is 0.493 e. The Morgan fingerprint density at radius 3 is 2.28 bits per heavy atom. The number of ether oxygens (including phenoxy) is 2. The van der Waals surface area contributed by atoms with Crippen LogP contribution < -0.4 is 14.4 Å². The monoisotopic (exact) mass is 460 g/mol. The Morgan fingerprint density at radius 2 is 1.72 bits per heavy atom. The smallest absolute Gasteiger partial charge is 0.259 e. The number of hydrogen-bond acceptors (Lipinski definition) is 5. The molecule has 0 N–H and O–H groups in total. The van der Waals surface area contributed by atoms with Crippen LogP contribution in [0.5, 0.6) is 11.5 Å². The van der Waals surface area contributed by atoms with Gasteiger partial charge in [0.05, 0.1) is 11.6 Å². The Morgan fingerprint density at radius 1 is 1.07 bits per heavy atom. The number of anilines is 1. The Labute approximate surface area is 179 Å². The van der Waals surface area contributed by atoms with E-state index in [1.165, 1.54) is 18.1 Å². The van der Waals surface area contributed by atoms with E-state index >= 15 is 0 Å². The molecule has 0 atom stereocenters. The van der Waals surface area contributed by atoms with Crippen molar-refractivity contribution in [2.75, 3.05) is 46.8 Å². The number of amides is 1. The number of allylic oxidation sites excluding steroid dienone is 1. The van der Waals surface area contributed by atoms with Gasteiger partial charge in [0.25, 0.3) is 5.91 Å². The van der Waals surface area contributed by atoms with E-state index < -0.39 is 0 Å². The first-order chi connectivity index (χ1) is 13.7. The third kappa shape index (κ3) is 6.09. The number of nitrogens with zero attached hydrogens (tertiary/aromatic N) is 2. The topological polar surface area (TPSA) is 59.1 Å². The summed E-state index contributed by atoms with van der Waals surface area (Å²) in [6.07, 6.45) is 3.23. The van der Waals surface area contributed by atoms with Gasteiger partial charge < -0.3 is 19.3 Å². The van der Waals surface area contributed by atoms with Crippen LogP contribution in [0.15, 0.2) is 46.9 Å². The number of carbonyl (C=O) groups excluding carboxylic acids is 2. The molecule has 0 aromatic heterocycles. The summed E-state index contributed by atoms with van der Waals surface area (Å²) in [5.41, 5.74) is 2.40. The predicted molar refractivity (Wildman–Crippen MR) is 119 cm³/mol. The molecule has 0 aliphatic rings. The standard InChI is InChI=1S/C22H25BrN2O4/c1-24(2)17-9-7-16(8-10-17)19(26)11-6-15-12-18(23)22(20(13-15)28-5)29-14-21(27)25(3)4/h6-13H,14H2,1-5H3/b11-6+. The van der Waals surface area contributed by atoms with Crippen LogP contribution in [0.25, 0.3) is 6.08 Å². The van der Waals surface area contributed by atoms with Crippen molar-refractivity contribution in [2.24, 2.45) is 0 Å². The minimum absolute atomic E-state index is 0.0951. The molecule has 0 unspecified atom stereocenters. The predicted octanol–water partition coefficient (Wildman–Crippen LogP) is 3.89. The van der Waals surface area contributed by atoms with Crippen LogP contribution in [0.3, 0.4) is 0 Å². The van der Waals surface area contributed by atoms with Gasteiger partial charge in [0.15, 0.2) is 23.9 Å². The molecule has 7 heteroatoms. The van der Waals surface area contributed by atoms with Crippen LogP contribution in [0.4, 0.5) is 5.69 Å². The van der Waals surface area contributed by atoms with Gasteiger partial charge in [-0.3, -0.25) is 9.59 Å². The molecule has 2 aromatic carbocycles. The average Bonchev–Trinajstić information content (AvgIpc) is 2.70. The van der Waals surface area contributed by atoms with E-state index in [9.17, 15) is 9.59 Å². The second kappa shape index (κ2) is 10.1. The summed E-state index contributed by atoms with van der Waals surface area (Å²) in [7, 11) is 8.75. The second-order valence-corrected chi connectivity index (χ2v) is 7.60. The van der Waals surface area contributed by atoms with Crippen molar-refractivity contribution < 1.29 is 19.1 Å². The molecule has 0 aliphatic heterocycles. The quantitative estimate of drug-likeness (QED) is 0.441. The van der Waals surface area contributed by atoms with E-state index in [1.807, 2.05) is 31.1 Å². The van der Waals surface area contributed by atoms with Crippen LogP contribution in [-0.4, -0.2) is 58.5 Å². The lowest BCUT2D eigenvalue weighted by Gasteiger charge is -2.15. The summed E-state index contributed by atoms with van der Waals surface area (Å²) in [5.74, 6) is 0.648. The fourth-order valence-electron chi connectivity index (χ4n) is 2.43. The molecule has 1 amide bonds. The maximum Gasteiger partial charge on any atom is 0.259 e. The highest BCUT2D eigenvalue weighted by Gasteiger charge is 2.14. The number of ketones is 1. The van der Waals surface area contributed by atoms with Crippen molar-refractivity contribution in [1.29, 1.82) is 0 Å². The molecular weight excluding hydrogens is 436 g/mol. The second-order valence-electron chi connectivity index (χ2n) is 6.75. The van der Waals surface area contributed by atoms with Gasteiger partial charge >= 0.3 is 0 Å². The molecule has 0 aliphatic carbocycles. The van der Waals surface area contributed by atoms with Crippen molar-refractivity contribution in [2.45, 2.75) is 0 Å². The highest BCUT2D eigenvalue weighted by molar-refractivity contribution is 9.10. The number of hydrogen-bond donors (Lipinski definition) is 0. The summed E-state index contributed by atoms with van der Waals surface area (Å²) >= 11 is 3.45. The highest BCUT2D eigenvalue weighted by atomic mass is 79.9. The number of carbonyl (C=O) groups is 2. The molecule has 2 aromatic rings. The van der Waals surface area contributed by atoms with Gasteiger partial charge in [-0.15, -0.1) is 0 Å². The molecular formula is C22H25BrN2O4. The van der Waals surface area contributed by atoms with Gasteiger partial charge in [0.2, 0.25) is 0 Å². The molecule has 0 radical (unpaired) electrons. The molecule has 29 heavy (non-hydrogen) atoms. The van der Waals surface area contributed by atoms with Gasteiger partial charge in [0, 0.05) is 39.4 Å². The van der Waals surface area contributed by atoms with Crippen LogP contribution in [0, 0.1) is 0 Å². The Balaban J connectivity index is 2.17. The number of methoxy groups -OCH3 is 1. The van der Waals surface area contributed by atoms with E-state index in [-0.39, 0.29) is 18.3 Å². The zero-order chi connectivity index (χ0) is 21.6. The van der Waals surface area contributed by atoms with Crippen molar-refractivity contribution in [3.63, 3.8) is 0 Å². The molecule has 0 spiro atoms. The molecule has 0 heterocycles. The summed E-state index contributed by atoms with van der Waals surface area (Å²) in [6.45, 7) is -0.0986. The maximum atomic E-state index is 12.4. The summed E-state index contributed by atoms with van der Waals surface area (Å²) < 4.78 is 11.6. The zero-order valence-corrected chi connectivity index (χ0v) is 18.8. The molecule has 0 fully saturated rings. The number of benzene rings is 2. The van der Waals surface area contributed by atoms with Crippen LogP contribution in [-0.2, 0) is 4.79 Å². The van der Waals surface area contributed by atoms with Crippen molar-refractivity contribution >= 4 is 39.4 Å². The normalized spacial score (nSPS) is 10.7. The lowest BCUT2D eigenvalue weighted by Crippen LogP contribution is -2.27. The Kier molecular flexibility index (Phi) is 7.84. The molecule has 154 valence electrons. The zero-order valence-electron chi connectivity index (χ0n) is 17.2. The fraction of sp³-hybridized carbons (Fsp3) is 0.273. The minimum atomic E-state index is -0.159. The minimum Gasteiger partial charge on any atom is -0.493 e. The van der Waals surface area contributed by atoms with Crippen LogP contribution in [0.2, 0.25) is 0 Å². The molecule has 2 rings (SSSR count). The first-order valence-electron chi connectivity index (χ1n) is 8.93. The molecule has 0 saturated heterocycles. The molecule has 0 bridgehead atoms.